The van der Waals surface area contributed by atoms with E-state index in [-0.39, 0.29) is 0 Å². The van der Waals surface area contributed by atoms with Crippen molar-refractivity contribution < 1.29 is 4.43 Å². The summed E-state index contributed by atoms with van der Waals surface area (Å²) in [5.41, 5.74) is 0. The molecule has 130 valence electrons. The van der Waals surface area contributed by atoms with Gasteiger partial charge in [-0.3, -0.25) is 0 Å². The normalized spacial score (nSPS) is 12.2. The first-order chi connectivity index (χ1) is 10.8. The van der Waals surface area contributed by atoms with Crippen molar-refractivity contribution in [2.24, 2.45) is 0 Å². The fourth-order valence-corrected chi connectivity index (χ4v) is 3.05. The molecule has 0 radical (unpaired) electrons. The third-order valence-electron chi connectivity index (χ3n) is 3.80. The van der Waals surface area contributed by atoms with Gasteiger partial charge in [-0.25, -0.2) is 0 Å². The van der Waals surface area contributed by atoms with E-state index in [0.717, 1.165) is 13.0 Å². The number of allylic oxidation sites excluding steroid dienone is 4. The maximum Gasteiger partial charge on any atom is 0.170 e. The van der Waals surface area contributed by atoms with Crippen molar-refractivity contribution in [3.8, 4) is 0 Å². The molecule has 0 rings (SSSR count). The van der Waals surface area contributed by atoms with Gasteiger partial charge >= 0.3 is 0 Å². The molecule has 0 aliphatic carbocycles. The molecule has 0 atom stereocenters. The topological polar surface area (TPSA) is 9.23 Å². The Bertz CT molecular complexity index is 258. The summed E-state index contributed by atoms with van der Waals surface area (Å²) in [5, 5.41) is 0. The van der Waals surface area contributed by atoms with Gasteiger partial charge in [0.2, 0.25) is 0 Å². The summed E-state index contributed by atoms with van der Waals surface area (Å²) in [5.74, 6) is 0. The van der Waals surface area contributed by atoms with Crippen LogP contribution >= 0.6 is 0 Å². The van der Waals surface area contributed by atoms with Gasteiger partial charge in [-0.2, -0.15) is 0 Å². The van der Waals surface area contributed by atoms with Gasteiger partial charge in [0.15, 0.2) is 9.04 Å². The van der Waals surface area contributed by atoms with Gasteiger partial charge in [0.1, 0.15) is 0 Å². The van der Waals surface area contributed by atoms with Crippen LogP contribution in [0.15, 0.2) is 24.3 Å². The van der Waals surface area contributed by atoms with Crippen LogP contribution in [-0.4, -0.2) is 15.6 Å². The van der Waals surface area contributed by atoms with E-state index in [0.29, 0.717) is 0 Å². The predicted molar refractivity (Wildman–Crippen MR) is 104 cm³/mol. The second-order valence-corrected chi connectivity index (χ2v) is 8.93. The Hall–Kier alpha value is -0.343. The van der Waals surface area contributed by atoms with Crippen molar-refractivity contribution in [2.45, 2.75) is 97.1 Å². The average molecular weight is 325 g/mol. The van der Waals surface area contributed by atoms with Crippen molar-refractivity contribution in [2.75, 3.05) is 6.61 Å². The molecule has 0 N–H and O–H groups in total. The second-order valence-electron chi connectivity index (χ2n) is 6.50. The van der Waals surface area contributed by atoms with Crippen LogP contribution in [0.1, 0.15) is 84.0 Å². The van der Waals surface area contributed by atoms with E-state index >= 15 is 0 Å². The first-order valence-corrected chi connectivity index (χ1v) is 12.5. The monoisotopic (exact) mass is 324 g/mol. The van der Waals surface area contributed by atoms with Crippen LogP contribution in [0.4, 0.5) is 0 Å². The zero-order valence-corrected chi connectivity index (χ0v) is 16.6. The zero-order chi connectivity index (χ0) is 16.3. The molecule has 0 aromatic rings. The molecule has 1 nitrogen and oxygen atoms in total. The number of hydrogen-bond acceptors (Lipinski definition) is 1. The molecule has 0 aromatic heterocycles. The molecule has 2 heteroatoms. The summed E-state index contributed by atoms with van der Waals surface area (Å²) >= 11 is 0. The average Bonchev–Trinajstić information content (AvgIpc) is 2.50. The van der Waals surface area contributed by atoms with Gasteiger partial charge in [0, 0.05) is 6.61 Å². The van der Waals surface area contributed by atoms with Crippen LogP contribution in [0, 0.1) is 0 Å². The van der Waals surface area contributed by atoms with E-state index in [1.807, 2.05) is 0 Å². The van der Waals surface area contributed by atoms with Crippen molar-refractivity contribution in [3.05, 3.63) is 24.3 Å². The predicted octanol–water partition coefficient (Wildman–Crippen LogP) is 6.80. The Balaban J connectivity index is 3.14. The van der Waals surface area contributed by atoms with Gasteiger partial charge in [-0.05, 0) is 51.6 Å². The van der Waals surface area contributed by atoms with E-state index < -0.39 is 9.04 Å². The van der Waals surface area contributed by atoms with Crippen LogP contribution in [0.25, 0.3) is 0 Å². The molecule has 0 fully saturated rings. The van der Waals surface area contributed by atoms with Gasteiger partial charge in [-0.15, -0.1) is 0 Å². The van der Waals surface area contributed by atoms with E-state index in [1.165, 1.54) is 70.6 Å². The second kappa shape index (κ2) is 18.7. The van der Waals surface area contributed by atoms with Crippen molar-refractivity contribution in [3.63, 3.8) is 0 Å². The van der Waals surface area contributed by atoms with E-state index in [4.69, 9.17) is 4.43 Å². The van der Waals surface area contributed by atoms with Crippen LogP contribution in [0.3, 0.4) is 0 Å². The molecule has 0 saturated heterocycles. The standard InChI is InChI=1S/C20H40OSi/c1-4-5-6-7-8-9-10-11-12-13-14-15-16-17-18-19-20-21-22(2)3/h8-9,11-12,22H,4-7,10,13-20H2,1-3H3/b9-8-,12-11-. The molecule has 0 aliphatic heterocycles. The van der Waals surface area contributed by atoms with Crippen molar-refractivity contribution >= 4 is 9.04 Å². The molecular formula is C20H40OSi. The van der Waals surface area contributed by atoms with Crippen molar-refractivity contribution in [1.29, 1.82) is 0 Å². The van der Waals surface area contributed by atoms with Gasteiger partial charge in [0.05, 0.1) is 0 Å². The number of unbranched alkanes of at least 4 members (excludes halogenated alkanes) is 9. The summed E-state index contributed by atoms with van der Waals surface area (Å²) in [4.78, 5) is 0. The smallest absolute Gasteiger partial charge is 0.170 e. The first kappa shape index (κ1) is 21.7. The van der Waals surface area contributed by atoms with Gasteiger partial charge in [-0.1, -0.05) is 69.8 Å². The SMILES string of the molecule is CCCCC/C=C\C/C=C\CCCCCCCCO[SiH](C)C. The Labute approximate surface area is 142 Å². The zero-order valence-electron chi connectivity index (χ0n) is 15.5. The highest BCUT2D eigenvalue weighted by atomic mass is 28.3. The summed E-state index contributed by atoms with van der Waals surface area (Å²) < 4.78 is 5.69. The minimum Gasteiger partial charge on any atom is -0.421 e. The highest BCUT2D eigenvalue weighted by Gasteiger charge is 1.95. The number of rotatable bonds is 16. The molecule has 0 amide bonds. The molecule has 0 aliphatic rings. The molecule has 22 heavy (non-hydrogen) atoms. The highest BCUT2D eigenvalue weighted by molar-refractivity contribution is 6.48. The van der Waals surface area contributed by atoms with E-state index in [9.17, 15) is 0 Å². The Morgan fingerprint density at radius 2 is 1.23 bits per heavy atom. The fourth-order valence-electron chi connectivity index (χ4n) is 2.41. The summed E-state index contributed by atoms with van der Waals surface area (Å²) in [6, 6.07) is 0. The molecule has 0 bridgehead atoms. The lowest BCUT2D eigenvalue weighted by Crippen LogP contribution is -2.08. The minimum absolute atomic E-state index is 0.778. The Morgan fingerprint density at radius 1 is 0.682 bits per heavy atom. The quantitative estimate of drug-likeness (QED) is 0.172. The van der Waals surface area contributed by atoms with E-state index in [2.05, 4.69) is 44.3 Å². The molecule has 0 heterocycles. The summed E-state index contributed by atoms with van der Waals surface area (Å²) in [6.07, 6.45) is 25.1. The number of hydrogen-bond donors (Lipinski definition) is 0. The van der Waals surface area contributed by atoms with E-state index in [1.54, 1.807) is 0 Å². The third kappa shape index (κ3) is 19.7. The molecule has 0 saturated carbocycles. The molecule has 0 aromatic carbocycles. The summed E-state index contributed by atoms with van der Waals surface area (Å²) in [7, 11) is -0.778. The molecule has 0 spiro atoms. The van der Waals surface area contributed by atoms with Crippen LogP contribution in [0.5, 0.6) is 0 Å². The fraction of sp³-hybridized carbons (Fsp3) is 0.800. The minimum atomic E-state index is -0.778. The molecule has 0 unspecified atom stereocenters. The van der Waals surface area contributed by atoms with Gasteiger partial charge < -0.3 is 4.43 Å². The van der Waals surface area contributed by atoms with Crippen LogP contribution < -0.4 is 0 Å². The largest absolute Gasteiger partial charge is 0.421 e. The lowest BCUT2D eigenvalue weighted by molar-refractivity contribution is 0.312. The first-order valence-electron chi connectivity index (χ1n) is 9.69. The third-order valence-corrected chi connectivity index (χ3v) is 4.70. The molecular weight excluding hydrogens is 284 g/mol. The van der Waals surface area contributed by atoms with Crippen molar-refractivity contribution in [1.82, 2.24) is 0 Å². The lowest BCUT2D eigenvalue weighted by Gasteiger charge is -2.05. The summed E-state index contributed by atoms with van der Waals surface area (Å²) in [6.45, 7) is 7.75. The van der Waals surface area contributed by atoms with Crippen LogP contribution in [0.2, 0.25) is 13.1 Å². The Morgan fingerprint density at radius 3 is 1.82 bits per heavy atom. The van der Waals surface area contributed by atoms with Gasteiger partial charge in [0.25, 0.3) is 0 Å². The maximum atomic E-state index is 5.69. The highest BCUT2D eigenvalue weighted by Crippen LogP contribution is 2.08. The lowest BCUT2D eigenvalue weighted by atomic mass is 10.1. The maximum absolute atomic E-state index is 5.69. The van der Waals surface area contributed by atoms with Crippen LogP contribution in [-0.2, 0) is 4.43 Å². The Kier molecular flexibility index (Phi) is 18.4.